The van der Waals surface area contributed by atoms with Gasteiger partial charge in [0.15, 0.2) is 0 Å². The number of hydrogen-bond acceptors (Lipinski definition) is 2. The summed E-state index contributed by atoms with van der Waals surface area (Å²) in [6, 6.07) is 8.66. The van der Waals surface area contributed by atoms with Gasteiger partial charge in [-0.2, -0.15) is 0 Å². The Hall–Kier alpha value is -1.61. The molecular formula is C16H21N3. The molecule has 0 aliphatic carbocycles. The summed E-state index contributed by atoms with van der Waals surface area (Å²) < 4.78 is 2.31. The zero-order valence-corrected chi connectivity index (χ0v) is 11.5. The van der Waals surface area contributed by atoms with E-state index in [1.165, 1.54) is 29.7 Å². The lowest BCUT2D eigenvalue weighted by Crippen LogP contribution is -2.29. The molecule has 1 aliphatic rings. The quantitative estimate of drug-likeness (QED) is 0.914. The first-order chi connectivity index (χ1) is 9.33. The van der Waals surface area contributed by atoms with E-state index in [0.717, 1.165) is 25.6 Å². The maximum absolute atomic E-state index is 4.34. The topological polar surface area (TPSA) is 29.9 Å². The molecule has 0 bridgehead atoms. The summed E-state index contributed by atoms with van der Waals surface area (Å²) in [6.07, 6.45) is 6.49. The minimum absolute atomic E-state index is 0.777. The van der Waals surface area contributed by atoms with Gasteiger partial charge < -0.3 is 9.88 Å². The van der Waals surface area contributed by atoms with Crippen molar-refractivity contribution in [2.24, 2.45) is 5.92 Å². The molecule has 0 spiro atoms. The largest absolute Gasteiger partial charge is 0.330 e. The van der Waals surface area contributed by atoms with Crippen LogP contribution < -0.4 is 5.32 Å². The van der Waals surface area contributed by atoms with Crippen molar-refractivity contribution in [3.63, 3.8) is 0 Å². The smallest absolute Gasteiger partial charge is 0.0951 e. The van der Waals surface area contributed by atoms with E-state index in [1.54, 1.807) is 0 Å². The molecule has 0 amide bonds. The molecule has 0 unspecified atom stereocenters. The number of aryl methyl sites for hydroxylation is 1. The molecular weight excluding hydrogens is 234 g/mol. The number of imidazole rings is 1. The SMILES string of the molecule is Cc1cccc(-c2cncn2CC2CCNCC2)c1. The van der Waals surface area contributed by atoms with Crippen molar-refractivity contribution in [3.8, 4) is 11.3 Å². The van der Waals surface area contributed by atoms with E-state index in [4.69, 9.17) is 0 Å². The van der Waals surface area contributed by atoms with E-state index in [2.05, 4.69) is 46.1 Å². The first-order valence-electron chi connectivity index (χ1n) is 7.11. The van der Waals surface area contributed by atoms with Gasteiger partial charge in [0, 0.05) is 12.1 Å². The Morgan fingerprint density at radius 3 is 2.95 bits per heavy atom. The Morgan fingerprint density at radius 2 is 2.16 bits per heavy atom. The lowest BCUT2D eigenvalue weighted by atomic mass is 9.98. The van der Waals surface area contributed by atoms with Crippen LogP contribution in [0.5, 0.6) is 0 Å². The van der Waals surface area contributed by atoms with E-state index in [-0.39, 0.29) is 0 Å². The molecule has 2 aromatic rings. The average Bonchev–Trinajstić information content (AvgIpc) is 2.88. The number of benzene rings is 1. The lowest BCUT2D eigenvalue weighted by molar-refractivity contribution is 0.334. The van der Waals surface area contributed by atoms with Gasteiger partial charge >= 0.3 is 0 Å². The monoisotopic (exact) mass is 255 g/mol. The highest BCUT2D eigenvalue weighted by molar-refractivity contribution is 5.59. The number of piperidine rings is 1. The Balaban J connectivity index is 1.81. The van der Waals surface area contributed by atoms with Gasteiger partial charge in [-0.05, 0) is 44.8 Å². The summed E-state index contributed by atoms with van der Waals surface area (Å²) in [7, 11) is 0. The van der Waals surface area contributed by atoms with Crippen LogP contribution in [0.2, 0.25) is 0 Å². The van der Waals surface area contributed by atoms with Gasteiger partial charge in [0.1, 0.15) is 0 Å². The normalized spacial score (nSPS) is 16.7. The maximum Gasteiger partial charge on any atom is 0.0951 e. The molecule has 1 aromatic carbocycles. The minimum atomic E-state index is 0.777. The van der Waals surface area contributed by atoms with E-state index < -0.39 is 0 Å². The highest BCUT2D eigenvalue weighted by Gasteiger charge is 2.15. The molecule has 3 heteroatoms. The van der Waals surface area contributed by atoms with Gasteiger partial charge in [-0.3, -0.25) is 0 Å². The molecule has 3 rings (SSSR count). The van der Waals surface area contributed by atoms with Crippen LogP contribution in [-0.4, -0.2) is 22.6 Å². The van der Waals surface area contributed by atoms with Gasteiger partial charge in [-0.15, -0.1) is 0 Å². The molecule has 1 aromatic heterocycles. The van der Waals surface area contributed by atoms with Crippen molar-refractivity contribution in [1.29, 1.82) is 0 Å². The van der Waals surface area contributed by atoms with Gasteiger partial charge in [0.2, 0.25) is 0 Å². The first kappa shape index (κ1) is 12.4. The highest BCUT2D eigenvalue weighted by Crippen LogP contribution is 2.23. The number of nitrogens with zero attached hydrogens (tertiary/aromatic N) is 2. The molecule has 3 nitrogen and oxygen atoms in total. The fourth-order valence-electron chi connectivity index (χ4n) is 2.85. The van der Waals surface area contributed by atoms with E-state index in [9.17, 15) is 0 Å². The molecule has 0 saturated carbocycles. The molecule has 0 atom stereocenters. The molecule has 100 valence electrons. The average molecular weight is 255 g/mol. The third-order valence-electron chi connectivity index (χ3n) is 3.94. The summed E-state index contributed by atoms with van der Waals surface area (Å²) in [5, 5.41) is 3.42. The van der Waals surface area contributed by atoms with E-state index in [1.807, 2.05) is 12.5 Å². The summed E-state index contributed by atoms with van der Waals surface area (Å²) in [6.45, 7) is 5.53. The van der Waals surface area contributed by atoms with Crippen molar-refractivity contribution in [2.75, 3.05) is 13.1 Å². The van der Waals surface area contributed by atoms with Crippen LogP contribution in [0, 0.1) is 12.8 Å². The maximum atomic E-state index is 4.34. The fraction of sp³-hybridized carbons (Fsp3) is 0.438. The molecule has 2 heterocycles. The van der Waals surface area contributed by atoms with Crippen LogP contribution in [0.3, 0.4) is 0 Å². The molecule has 0 radical (unpaired) electrons. The predicted molar refractivity (Wildman–Crippen MR) is 78.0 cm³/mol. The molecule has 1 fully saturated rings. The molecule has 1 N–H and O–H groups in total. The van der Waals surface area contributed by atoms with Crippen LogP contribution in [0.25, 0.3) is 11.3 Å². The lowest BCUT2D eigenvalue weighted by Gasteiger charge is -2.23. The van der Waals surface area contributed by atoms with E-state index in [0.29, 0.717) is 0 Å². The zero-order chi connectivity index (χ0) is 13.1. The van der Waals surface area contributed by atoms with Crippen molar-refractivity contribution in [3.05, 3.63) is 42.4 Å². The second-order valence-corrected chi connectivity index (χ2v) is 5.49. The van der Waals surface area contributed by atoms with Crippen molar-refractivity contribution in [1.82, 2.24) is 14.9 Å². The van der Waals surface area contributed by atoms with E-state index >= 15 is 0 Å². The van der Waals surface area contributed by atoms with Gasteiger partial charge in [0.05, 0.1) is 18.2 Å². The minimum Gasteiger partial charge on any atom is -0.330 e. The van der Waals surface area contributed by atoms with Crippen molar-refractivity contribution in [2.45, 2.75) is 26.3 Å². The van der Waals surface area contributed by atoms with Gasteiger partial charge in [-0.1, -0.05) is 23.8 Å². The first-order valence-corrected chi connectivity index (χ1v) is 7.11. The van der Waals surface area contributed by atoms with Crippen molar-refractivity contribution < 1.29 is 0 Å². The number of rotatable bonds is 3. The van der Waals surface area contributed by atoms with Crippen molar-refractivity contribution >= 4 is 0 Å². The third-order valence-corrected chi connectivity index (χ3v) is 3.94. The van der Waals surface area contributed by atoms with Gasteiger partial charge in [0.25, 0.3) is 0 Å². The fourth-order valence-corrected chi connectivity index (χ4v) is 2.85. The molecule has 19 heavy (non-hydrogen) atoms. The number of nitrogens with one attached hydrogen (secondary N) is 1. The Labute approximate surface area is 114 Å². The summed E-state index contributed by atoms with van der Waals surface area (Å²) in [5.74, 6) is 0.777. The molecule has 1 saturated heterocycles. The van der Waals surface area contributed by atoms with Crippen LogP contribution in [0.15, 0.2) is 36.8 Å². The van der Waals surface area contributed by atoms with Crippen LogP contribution in [0.4, 0.5) is 0 Å². The number of aromatic nitrogens is 2. The summed E-state index contributed by atoms with van der Waals surface area (Å²) in [4.78, 5) is 4.34. The highest BCUT2D eigenvalue weighted by atomic mass is 15.0. The second-order valence-electron chi connectivity index (χ2n) is 5.49. The second kappa shape index (κ2) is 5.57. The van der Waals surface area contributed by atoms with Crippen LogP contribution in [-0.2, 0) is 6.54 Å². The Morgan fingerprint density at radius 1 is 1.32 bits per heavy atom. The Kier molecular flexibility index (Phi) is 3.65. The Bertz CT molecular complexity index is 538. The van der Waals surface area contributed by atoms with Crippen LogP contribution >= 0.6 is 0 Å². The zero-order valence-electron chi connectivity index (χ0n) is 11.5. The predicted octanol–water partition coefficient (Wildman–Crippen LogP) is 2.86. The summed E-state index contributed by atoms with van der Waals surface area (Å²) in [5.41, 5.74) is 3.81. The third kappa shape index (κ3) is 2.87. The number of hydrogen-bond donors (Lipinski definition) is 1. The standard InChI is InChI=1S/C16H21N3/c1-13-3-2-4-15(9-13)16-10-18-12-19(16)11-14-5-7-17-8-6-14/h2-4,9-10,12,14,17H,5-8,11H2,1H3. The van der Waals surface area contributed by atoms with Crippen LogP contribution in [0.1, 0.15) is 18.4 Å². The molecule has 1 aliphatic heterocycles. The summed E-state index contributed by atoms with van der Waals surface area (Å²) >= 11 is 0. The van der Waals surface area contributed by atoms with Gasteiger partial charge in [-0.25, -0.2) is 4.98 Å².